The Morgan fingerprint density at radius 3 is 1.86 bits per heavy atom. The molecule has 0 N–H and O–H groups in total. The van der Waals surface area contributed by atoms with Crippen LogP contribution < -0.4 is 9.80 Å². The minimum atomic E-state index is -1.24. The molecule has 2 aromatic heterocycles. The zero-order valence-electron chi connectivity index (χ0n) is 19.5. The molecule has 0 fully saturated rings. The van der Waals surface area contributed by atoms with Crippen molar-refractivity contribution in [3.63, 3.8) is 0 Å². The summed E-state index contributed by atoms with van der Waals surface area (Å²) in [4.78, 5) is 66.2. The largest absolute Gasteiger partial charge is 0.297 e. The van der Waals surface area contributed by atoms with Crippen LogP contribution in [0, 0.1) is 0 Å². The highest BCUT2D eigenvalue weighted by atomic mass is 16.2. The third-order valence-electron chi connectivity index (χ3n) is 6.75. The first-order valence-corrected chi connectivity index (χ1v) is 11.8. The van der Waals surface area contributed by atoms with Crippen molar-refractivity contribution in [3.05, 3.63) is 120 Å². The Morgan fingerprint density at radius 1 is 0.676 bits per heavy atom. The summed E-state index contributed by atoms with van der Waals surface area (Å²) >= 11 is 0. The van der Waals surface area contributed by atoms with Gasteiger partial charge in [-0.15, -0.1) is 0 Å². The van der Waals surface area contributed by atoms with Crippen LogP contribution in [-0.4, -0.2) is 45.4 Å². The van der Waals surface area contributed by atoms with Crippen LogP contribution >= 0.6 is 0 Å². The summed E-state index contributed by atoms with van der Waals surface area (Å²) in [5.74, 6) is -1.67. The smallest absolute Gasteiger partial charge is 0.260 e. The van der Waals surface area contributed by atoms with Crippen LogP contribution in [-0.2, 0) is 11.2 Å². The lowest BCUT2D eigenvalue weighted by Gasteiger charge is -2.41. The molecule has 0 saturated carbocycles. The number of ketones is 2. The second-order valence-corrected chi connectivity index (χ2v) is 8.88. The number of carbonyl (C=O) groups excluding carboxylic acids is 4. The lowest BCUT2D eigenvalue weighted by Crippen LogP contribution is -2.62. The molecule has 2 amide bonds. The number of fused-ring (bicyclic) bond motifs is 2. The van der Waals surface area contributed by atoms with Crippen molar-refractivity contribution in [1.29, 1.82) is 0 Å². The maximum atomic E-state index is 13.9. The van der Waals surface area contributed by atoms with Gasteiger partial charge >= 0.3 is 0 Å². The molecule has 0 saturated heterocycles. The normalized spacial score (nSPS) is 18.4. The molecule has 0 bridgehead atoms. The molecule has 37 heavy (non-hydrogen) atoms. The summed E-state index contributed by atoms with van der Waals surface area (Å²) in [6, 6.07) is 17.9. The Morgan fingerprint density at radius 2 is 1.24 bits per heavy atom. The number of aromatic nitrogens is 2. The van der Waals surface area contributed by atoms with E-state index in [9.17, 15) is 19.2 Å². The first-order valence-electron chi connectivity index (χ1n) is 11.8. The zero-order valence-corrected chi connectivity index (χ0v) is 19.5. The maximum absolute atomic E-state index is 13.9. The molecule has 2 unspecified atom stereocenters. The second kappa shape index (κ2) is 8.91. The maximum Gasteiger partial charge on any atom is 0.260 e. The fourth-order valence-electron chi connectivity index (χ4n) is 5.13. The van der Waals surface area contributed by atoms with E-state index >= 15 is 0 Å². The van der Waals surface area contributed by atoms with Gasteiger partial charge in [-0.25, -0.2) is 0 Å². The number of carbonyl (C=O) groups is 4. The number of amides is 2. The van der Waals surface area contributed by atoms with E-state index in [1.54, 1.807) is 85.2 Å². The van der Waals surface area contributed by atoms with Crippen LogP contribution in [0.5, 0.6) is 0 Å². The Hall–Kier alpha value is -4.98. The van der Waals surface area contributed by atoms with Gasteiger partial charge in [-0.2, -0.15) is 0 Å². The van der Waals surface area contributed by atoms with Crippen molar-refractivity contribution in [2.24, 2.45) is 0 Å². The lowest BCUT2D eigenvalue weighted by atomic mass is 9.87. The van der Waals surface area contributed by atoms with Gasteiger partial charge in [0.25, 0.3) is 11.8 Å². The molecule has 2 aromatic carbocycles. The average molecular weight is 489 g/mol. The standard InChI is InChI=1S/C29H20N4O4/c34-24-15-18-7-1-3-11-22(18)32(28(36)19-8-5-13-30-16-19)25(24)26-27(35)21-10-2-4-12-23(21)33(26)29(37)20-9-6-14-31-17-20/h1-14,16-17,25-26H,15H2. The zero-order chi connectivity index (χ0) is 25.5. The lowest BCUT2D eigenvalue weighted by molar-refractivity contribution is -0.120. The first-order chi connectivity index (χ1) is 18.1. The monoisotopic (exact) mass is 488 g/mol. The highest BCUT2D eigenvalue weighted by Crippen LogP contribution is 2.40. The van der Waals surface area contributed by atoms with Gasteiger partial charge in [-0.3, -0.25) is 38.9 Å². The quantitative estimate of drug-likeness (QED) is 0.437. The van der Waals surface area contributed by atoms with E-state index < -0.39 is 29.7 Å². The van der Waals surface area contributed by atoms with Crippen LogP contribution in [0.3, 0.4) is 0 Å². The molecule has 8 nitrogen and oxygen atoms in total. The fraction of sp³-hybridized carbons (Fsp3) is 0.103. The van der Waals surface area contributed by atoms with Crippen LogP contribution in [0.15, 0.2) is 97.6 Å². The topological polar surface area (TPSA) is 101 Å². The molecule has 0 radical (unpaired) electrons. The average Bonchev–Trinajstić information content (AvgIpc) is 3.24. The molecular weight excluding hydrogens is 468 g/mol. The molecule has 0 aliphatic carbocycles. The second-order valence-electron chi connectivity index (χ2n) is 8.88. The summed E-state index contributed by atoms with van der Waals surface area (Å²) in [6.07, 6.45) is 5.97. The van der Waals surface area contributed by atoms with E-state index in [1.807, 2.05) is 0 Å². The summed E-state index contributed by atoms with van der Waals surface area (Å²) in [6.45, 7) is 0. The van der Waals surface area contributed by atoms with Crippen LogP contribution in [0.1, 0.15) is 36.6 Å². The van der Waals surface area contributed by atoms with Crippen molar-refractivity contribution in [1.82, 2.24) is 9.97 Å². The molecule has 0 spiro atoms. The van der Waals surface area contributed by atoms with E-state index in [4.69, 9.17) is 0 Å². The van der Waals surface area contributed by atoms with Crippen molar-refractivity contribution < 1.29 is 19.2 Å². The van der Waals surface area contributed by atoms with E-state index in [1.165, 1.54) is 22.2 Å². The molecule has 2 atom stereocenters. The number of benzene rings is 2. The molecule has 2 aliphatic heterocycles. The predicted molar refractivity (Wildman–Crippen MR) is 136 cm³/mol. The molecular formula is C29H20N4O4. The number of rotatable bonds is 3. The Bertz CT molecular complexity index is 1550. The highest BCUT2D eigenvalue weighted by Gasteiger charge is 2.52. The number of hydrogen-bond donors (Lipinski definition) is 0. The Kier molecular flexibility index (Phi) is 5.41. The molecule has 4 aromatic rings. The molecule has 8 heteroatoms. The Labute approximate surface area is 212 Å². The fourth-order valence-corrected chi connectivity index (χ4v) is 5.13. The SMILES string of the molecule is O=C1Cc2ccccc2N(C(=O)c2cccnc2)C1C1C(=O)c2ccccc2N1C(=O)c1cccnc1. The summed E-state index contributed by atoms with van der Waals surface area (Å²) in [5.41, 5.74) is 2.46. The number of hydrogen-bond acceptors (Lipinski definition) is 6. The van der Waals surface area contributed by atoms with E-state index in [0.717, 1.165) is 0 Å². The summed E-state index contributed by atoms with van der Waals surface area (Å²) < 4.78 is 0. The number of anilines is 2. The summed E-state index contributed by atoms with van der Waals surface area (Å²) in [7, 11) is 0. The number of nitrogens with zero attached hydrogens (tertiary/aromatic N) is 4. The number of pyridine rings is 2. The minimum Gasteiger partial charge on any atom is -0.297 e. The van der Waals surface area contributed by atoms with Gasteiger partial charge in [0.2, 0.25) is 0 Å². The van der Waals surface area contributed by atoms with Gasteiger partial charge in [0.05, 0.1) is 16.8 Å². The van der Waals surface area contributed by atoms with Crippen LogP contribution in [0.4, 0.5) is 11.4 Å². The minimum absolute atomic E-state index is 0.0344. The van der Waals surface area contributed by atoms with Crippen LogP contribution in [0.25, 0.3) is 0 Å². The first kappa shape index (κ1) is 22.5. The molecule has 180 valence electrons. The van der Waals surface area contributed by atoms with Crippen LogP contribution in [0.2, 0.25) is 0 Å². The van der Waals surface area contributed by atoms with Crippen molar-refractivity contribution >= 4 is 34.8 Å². The Balaban J connectivity index is 1.54. The van der Waals surface area contributed by atoms with E-state index in [2.05, 4.69) is 9.97 Å². The molecule has 2 aliphatic rings. The third kappa shape index (κ3) is 3.61. The number of Topliss-reactive ketones (excluding diaryl/α,β-unsaturated/α-hetero) is 2. The van der Waals surface area contributed by atoms with E-state index in [0.29, 0.717) is 22.5 Å². The molecule has 6 rings (SSSR count). The van der Waals surface area contributed by atoms with E-state index in [-0.39, 0.29) is 23.3 Å². The van der Waals surface area contributed by atoms with Crippen molar-refractivity contribution in [2.45, 2.75) is 18.5 Å². The van der Waals surface area contributed by atoms with Gasteiger partial charge in [-0.1, -0.05) is 30.3 Å². The van der Waals surface area contributed by atoms with Gasteiger partial charge in [0.1, 0.15) is 12.1 Å². The number of para-hydroxylation sites is 2. The molecule has 4 heterocycles. The third-order valence-corrected chi connectivity index (χ3v) is 6.75. The van der Waals surface area contributed by atoms with Gasteiger partial charge < -0.3 is 0 Å². The predicted octanol–water partition coefficient (Wildman–Crippen LogP) is 3.53. The van der Waals surface area contributed by atoms with Gasteiger partial charge in [-0.05, 0) is 48.0 Å². The van der Waals surface area contributed by atoms with Crippen molar-refractivity contribution in [3.8, 4) is 0 Å². The summed E-state index contributed by atoms with van der Waals surface area (Å²) in [5, 5.41) is 0. The van der Waals surface area contributed by atoms with Gasteiger partial charge in [0.15, 0.2) is 11.6 Å². The highest BCUT2D eigenvalue weighted by molar-refractivity contribution is 6.25. The van der Waals surface area contributed by atoms with Crippen molar-refractivity contribution in [2.75, 3.05) is 9.80 Å². The van der Waals surface area contributed by atoms with Gasteiger partial charge in [0, 0.05) is 42.5 Å².